The molecule has 0 saturated carbocycles. The lowest BCUT2D eigenvalue weighted by atomic mass is 10.1. The minimum absolute atomic E-state index is 0.0250. The van der Waals surface area contributed by atoms with E-state index in [1.165, 1.54) is 0 Å². The first-order chi connectivity index (χ1) is 10.1. The molecular formula is C15H17Cl2N3O. The van der Waals surface area contributed by atoms with Crippen LogP contribution in [0.5, 0.6) is 0 Å². The van der Waals surface area contributed by atoms with Gasteiger partial charge in [0.05, 0.1) is 10.0 Å². The molecule has 1 aliphatic heterocycles. The summed E-state index contributed by atoms with van der Waals surface area (Å²) in [6, 6.07) is 5.36. The zero-order valence-electron chi connectivity index (χ0n) is 11.7. The third kappa shape index (κ3) is 2.76. The number of rotatable bonds is 3. The Kier molecular flexibility index (Phi) is 4.11. The molecule has 1 aromatic carbocycles. The summed E-state index contributed by atoms with van der Waals surface area (Å²) in [6.07, 6.45) is 1.04. The van der Waals surface area contributed by atoms with Gasteiger partial charge in [0.25, 0.3) is 5.91 Å². The minimum atomic E-state index is 0.0250. The molecule has 1 atom stereocenters. The monoisotopic (exact) mass is 325 g/mol. The van der Waals surface area contributed by atoms with Crippen molar-refractivity contribution in [3.05, 3.63) is 33.9 Å². The van der Waals surface area contributed by atoms with Crippen molar-refractivity contribution in [2.75, 3.05) is 26.7 Å². The summed E-state index contributed by atoms with van der Waals surface area (Å²) in [5.74, 6) is 0.554. The highest BCUT2D eigenvalue weighted by Crippen LogP contribution is 2.31. The molecule has 1 amide bonds. The molecule has 6 heteroatoms. The third-order valence-electron chi connectivity index (χ3n) is 3.99. The highest BCUT2D eigenvalue weighted by atomic mass is 35.5. The van der Waals surface area contributed by atoms with Crippen LogP contribution in [0.25, 0.3) is 10.9 Å². The Morgan fingerprint density at radius 1 is 1.48 bits per heavy atom. The first-order valence-corrected chi connectivity index (χ1v) is 7.76. The van der Waals surface area contributed by atoms with Gasteiger partial charge in [-0.25, -0.2) is 0 Å². The van der Waals surface area contributed by atoms with E-state index < -0.39 is 0 Å². The number of hydrogen-bond acceptors (Lipinski definition) is 2. The predicted molar refractivity (Wildman–Crippen MR) is 86.3 cm³/mol. The lowest BCUT2D eigenvalue weighted by Gasteiger charge is -2.15. The van der Waals surface area contributed by atoms with Gasteiger partial charge in [-0.15, -0.1) is 0 Å². The number of nitrogens with one attached hydrogen (secondary N) is 2. The van der Waals surface area contributed by atoms with E-state index in [1.807, 2.05) is 18.0 Å². The normalized spacial score (nSPS) is 18.6. The van der Waals surface area contributed by atoms with Gasteiger partial charge in [0.15, 0.2) is 0 Å². The van der Waals surface area contributed by atoms with E-state index in [2.05, 4.69) is 10.3 Å². The van der Waals surface area contributed by atoms with Crippen LogP contribution < -0.4 is 5.32 Å². The SMILES string of the molecule is CNC[C@@H]1CCN(C(=O)c2cc3c(Cl)c(Cl)ccc3[nH]2)C1. The predicted octanol–water partition coefficient (Wildman–Crippen LogP) is 3.16. The number of benzene rings is 1. The van der Waals surface area contributed by atoms with E-state index in [1.54, 1.807) is 12.1 Å². The summed E-state index contributed by atoms with van der Waals surface area (Å²) in [4.78, 5) is 17.6. The van der Waals surface area contributed by atoms with Crippen LogP contribution in [0, 0.1) is 5.92 Å². The molecule has 0 unspecified atom stereocenters. The molecule has 21 heavy (non-hydrogen) atoms. The molecule has 0 spiro atoms. The summed E-state index contributed by atoms with van der Waals surface area (Å²) in [5.41, 5.74) is 1.40. The van der Waals surface area contributed by atoms with E-state index in [-0.39, 0.29) is 5.91 Å². The van der Waals surface area contributed by atoms with Crippen molar-refractivity contribution in [1.82, 2.24) is 15.2 Å². The van der Waals surface area contributed by atoms with Gasteiger partial charge < -0.3 is 15.2 Å². The number of hydrogen-bond donors (Lipinski definition) is 2. The first kappa shape index (κ1) is 14.7. The molecule has 4 nitrogen and oxygen atoms in total. The van der Waals surface area contributed by atoms with Crippen LogP contribution in [0.1, 0.15) is 16.9 Å². The lowest BCUT2D eigenvalue weighted by Crippen LogP contribution is -2.30. The standard InChI is InChI=1S/C15H17Cl2N3O/c1-18-7-9-4-5-20(8-9)15(21)13-6-10-12(19-13)3-2-11(16)14(10)17/h2-3,6,9,18-19H,4-5,7-8H2,1H3/t9-/m0/s1. The summed E-state index contributed by atoms with van der Waals surface area (Å²) < 4.78 is 0. The van der Waals surface area contributed by atoms with Crippen molar-refractivity contribution in [2.45, 2.75) is 6.42 Å². The van der Waals surface area contributed by atoms with Crippen LogP contribution in [0.4, 0.5) is 0 Å². The van der Waals surface area contributed by atoms with Crippen LogP contribution in [0.3, 0.4) is 0 Å². The molecule has 1 aliphatic rings. The molecule has 112 valence electrons. The number of nitrogens with zero attached hydrogens (tertiary/aromatic N) is 1. The smallest absolute Gasteiger partial charge is 0.270 e. The second kappa shape index (κ2) is 5.87. The topological polar surface area (TPSA) is 48.1 Å². The molecule has 1 saturated heterocycles. The number of aromatic nitrogens is 1. The van der Waals surface area contributed by atoms with Crippen LogP contribution in [0.2, 0.25) is 10.0 Å². The van der Waals surface area contributed by atoms with Crippen LogP contribution in [-0.4, -0.2) is 42.5 Å². The van der Waals surface area contributed by atoms with Gasteiger partial charge >= 0.3 is 0 Å². The lowest BCUT2D eigenvalue weighted by molar-refractivity contribution is 0.0782. The molecule has 1 aromatic heterocycles. The van der Waals surface area contributed by atoms with E-state index in [0.717, 1.165) is 37.0 Å². The van der Waals surface area contributed by atoms with Crippen molar-refractivity contribution >= 4 is 40.0 Å². The number of carbonyl (C=O) groups is 1. The Hall–Kier alpha value is -1.23. The quantitative estimate of drug-likeness (QED) is 0.910. The maximum absolute atomic E-state index is 12.6. The molecular weight excluding hydrogens is 309 g/mol. The van der Waals surface area contributed by atoms with E-state index in [0.29, 0.717) is 21.7 Å². The number of likely N-dealkylation sites (tertiary alicyclic amines) is 1. The van der Waals surface area contributed by atoms with Gasteiger partial charge in [-0.3, -0.25) is 4.79 Å². The number of amides is 1. The number of H-pyrrole nitrogens is 1. The molecule has 2 aromatic rings. The van der Waals surface area contributed by atoms with Crippen molar-refractivity contribution < 1.29 is 4.79 Å². The van der Waals surface area contributed by atoms with Crippen LogP contribution >= 0.6 is 23.2 Å². The number of halogens is 2. The van der Waals surface area contributed by atoms with E-state index >= 15 is 0 Å². The Morgan fingerprint density at radius 3 is 3.05 bits per heavy atom. The zero-order chi connectivity index (χ0) is 15.0. The Bertz CT molecular complexity index is 683. The highest BCUT2D eigenvalue weighted by molar-refractivity contribution is 6.45. The van der Waals surface area contributed by atoms with Gasteiger partial charge in [-0.1, -0.05) is 23.2 Å². The zero-order valence-corrected chi connectivity index (χ0v) is 13.3. The third-order valence-corrected chi connectivity index (χ3v) is 4.81. The van der Waals surface area contributed by atoms with Gasteiger partial charge in [0.1, 0.15) is 5.69 Å². The Labute approximate surface area is 133 Å². The Balaban J connectivity index is 1.84. The van der Waals surface area contributed by atoms with E-state index in [4.69, 9.17) is 23.2 Å². The van der Waals surface area contributed by atoms with Crippen molar-refractivity contribution in [1.29, 1.82) is 0 Å². The summed E-state index contributed by atoms with van der Waals surface area (Å²) in [6.45, 7) is 2.54. The fourth-order valence-corrected chi connectivity index (χ4v) is 3.28. The minimum Gasteiger partial charge on any atom is -0.350 e. The summed E-state index contributed by atoms with van der Waals surface area (Å²) in [5, 5.41) is 4.94. The van der Waals surface area contributed by atoms with Crippen LogP contribution in [0.15, 0.2) is 18.2 Å². The van der Waals surface area contributed by atoms with Gasteiger partial charge in [-0.05, 0) is 44.1 Å². The second-order valence-corrected chi connectivity index (χ2v) is 6.25. The van der Waals surface area contributed by atoms with Gasteiger partial charge in [0, 0.05) is 24.0 Å². The fourth-order valence-electron chi connectivity index (χ4n) is 2.90. The number of aromatic amines is 1. The van der Waals surface area contributed by atoms with E-state index in [9.17, 15) is 4.79 Å². The summed E-state index contributed by atoms with van der Waals surface area (Å²) in [7, 11) is 1.94. The number of carbonyl (C=O) groups excluding carboxylic acids is 1. The average molecular weight is 326 g/mol. The molecule has 0 aliphatic carbocycles. The van der Waals surface area contributed by atoms with Gasteiger partial charge in [0.2, 0.25) is 0 Å². The molecule has 3 rings (SSSR count). The highest BCUT2D eigenvalue weighted by Gasteiger charge is 2.27. The van der Waals surface area contributed by atoms with Crippen molar-refractivity contribution in [2.24, 2.45) is 5.92 Å². The van der Waals surface area contributed by atoms with Crippen molar-refractivity contribution in [3.8, 4) is 0 Å². The molecule has 1 fully saturated rings. The molecule has 2 N–H and O–H groups in total. The maximum atomic E-state index is 12.6. The molecule has 2 heterocycles. The Morgan fingerprint density at radius 2 is 2.29 bits per heavy atom. The number of fused-ring (bicyclic) bond motifs is 1. The summed E-state index contributed by atoms with van der Waals surface area (Å²) >= 11 is 12.2. The van der Waals surface area contributed by atoms with Crippen molar-refractivity contribution in [3.63, 3.8) is 0 Å². The largest absolute Gasteiger partial charge is 0.350 e. The fraction of sp³-hybridized carbons (Fsp3) is 0.400. The average Bonchev–Trinajstić information content (AvgIpc) is 3.10. The van der Waals surface area contributed by atoms with Gasteiger partial charge in [-0.2, -0.15) is 0 Å². The first-order valence-electron chi connectivity index (χ1n) is 7.00. The second-order valence-electron chi connectivity index (χ2n) is 5.47. The van der Waals surface area contributed by atoms with Crippen LogP contribution in [-0.2, 0) is 0 Å². The molecule has 0 radical (unpaired) electrons. The maximum Gasteiger partial charge on any atom is 0.270 e. The molecule has 0 bridgehead atoms.